The zero-order chi connectivity index (χ0) is 15.6. The first kappa shape index (κ1) is 15.8. The van der Waals surface area contributed by atoms with Crippen LogP contribution in [0, 0.1) is 5.82 Å². The Morgan fingerprint density at radius 2 is 2.14 bits per heavy atom. The zero-order valence-corrected chi connectivity index (χ0v) is 12.2. The van der Waals surface area contributed by atoms with Crippen molar-refractivity contribution < 1.29 is 17.9 Å². The summed E-state index contributed by atoms with van der Waals surface area (Å²) in [5.74, 6) is -1.36. The fourth-order valence-electron chi connectivity index (χ4n) is 2.70. The highest BCUT2D eigenvalue weighted by Crippen LogP contribution is 2.33. The molecular formula is C14H20F3N3O. The minimum Gasteiger partial charge on any atom is -0.432 e. The van der Waals surface area contributed by atoms with E-state index in [1.165, 1.54) is 6.07 Å². The standard InChI is InChI=1S/C14H20F3N3O/c1-19-5-3-4-9(8-19)20(2)12-7-13(21-14(16)17)10(15)6-11(12)18/h6-7,9,14H,3-5,8,18H2,1-2H3. The van der Waals surface area contributed by atoms with E-state index in [4.69, 9.17) is 5.73 Å². The predicted molar refractivity (Wildman–Crippen MR) is 76.4 cm³/mol. The van der Waals surface area contributed by atoms with Gasteiger partial charge in [-0.3, -0.25) is 0 Å². The molecule has 1 unspecified atom stereocenters. The lowest BCUT2D eigenvalue weighted by Gasteiger charge is -2.37. The van der Waals surface area contributed by atoms with E-state index in [0.29, 0.717) is 5.69 Å². The zero-order valence-electron chi connectivity index (χ0n) is 12.2. The first-order chi connectivity index (χ1) is 9.88. The van der Waals surface area contributed by atoms with Crippen LogP contribution in [0.15, 0.2) is 12.1 Å². The molecule has 0 radical (unpaired) electrons. The maximum atomic E-state index is 13.6. The summed E-state index contributed by atoms with van der Waals surface area (Å²) in [5.41, 5.74) is 6.54. The number of nitrogens with two attached hydrogens (primary N) is 1. The molecule has 2 rings (SSSR count). The number of likely N-dealkylation sites (tertiary alicyclic amines) is 1. The Balaban J connectivity index is 2.25. The van der Waals surface area contributed by atoms with E-state index in [2.05, 4.69) is 9.64 Å². The molecule has 0 aromatic heterocycles. The maximum absolute atomic E-state index is 13.6. The molecule has 118 valence electrons. The highest BCUT2D eigenvalue weighted by molar-refractivity contribution is 5.70. The number of benzene rings is 1. The van der Waals surface area contributed by atoms with Crippen molar-refractivity contribution in [2.24, 2.45) is 0 Å². The molecule has 0 aliphatic carbocycles. The smallest absolute Gasteiger partial charge is 0.387 e. The summed E-state index contributed by atoms with van der Waals surface area (Å²) in [6.45, 7) is -1.19. The van der Waals surface area contributed by atoms with Gasteiger partial charge in [0.05, 0.1) is 11.4 Å². The van der Waals surface area contributed by atoms with Gasteiger partial charge in [-0.2, -0.15) is 8.78 Å². The van der Waals surface area contributed by atoms with Crippen LogP contribution in [-0.4, -0.2) is 44.7 Å². The third-order valence-electron chi connectivity index (χ3n) is 3.82. The summed E-state index contributed by atoms with van der Waals surface area (Å²) in [6.07, 6.45) is 2.02. The lowest BCUT2D eigenvalue weighted by molar-refractivity contribution is -0.0521. The second kappa shape index (κ2) is 6.43. The van der Waals surface area contributed by atoms with E-state index < -0.39 is 18.2 Å². The van der Waals surface area contributed by atoms with Gasteiger partial charge in [0.1, 0.15) is 0 Å². The first-order valence-electron chi connectivity index (χ1n) is 6.83. The molecule has 0 saturated carbocycles. The van der Waals surface area contributed by atoms with E-state index >= 15 is 0 Å². The molecule has 1 fully saturated rings. The summed E-state index contributed by atoms with van der Waals surface area (Å²) < 4.78 is 42.4. The Kier molecular flexibility index (Phi) is 4.82. The topological polar surface area (TPSA) is 41.7 Å². The number of alkyl halides is 2. The molecular weight excluding hydrogens is 283 g/mol. The van der Waals surface area contributed by atoms with Gasteiger partial charge < -0.3 is 20.3 Å². The number of nitrogen functional groups attached to an aromatic ring is 1. The number of piperidine rings is 1. The number of halogens is 3. The van der Waals surface area contributed by atoms with E-state index in [1.54, 1.807) is 0 Å². The van der Waals surface area contributed by atoms with Crippen molar-refractivity contribution in [2.45, 2.75) is 25.5 Å². The molecule has 1 heterocycles. The molecule has 1 saturated heterocycles. The number of nitrogens with zero attached hydrogens (tertiary/aromatic N) is 2. The largest absolute Gasteiger partial charge is 0.432 e. The van der Waals surface area contributed by atoms with Crippen LogP contribution < -0.4 is 15.4 Å². The molecule has 0 spiro atoms. The van der Waals surface area contributed by atoms with Crippen molar-refractivity contribution in [1.82, 2.24) is 4.90 Å². The maximum Gasteiger partial charge on any atom is 0.387 e. The normalized spacial score (nSPS) is 19.8. The van der Waals surface area contributed by atoms with Crippen molar-refractivity contribution in [3.63, 3.8) is 0 Å². The Labute approximate surface area is 122 Å². The highest BCUT2D eigenvalue weighted by Gasteiger charge is 2.24. The SMILES string of the molecule is CN1CCCC(N(C)c2cc(OC(F)F)c(F)cc2N)C1. The van der Waals surface area contributed by atoms with Gasteiger partial charge in [-0.15, -0.1) is 0 Å². The van der Waals surface area contributed by atoms with Gasteiger partial charge in [-0.25, -0.2) is 4.39 Å². The van der Waals surface area contributed by atoms with Crippen LogP contribution >= 0.6 is 0 Å². The summed E-state index contributed by atoms with van der Waals surface area (Å²) in [4.78, 5) is 4.10. The Hall–Kier alpha value is -1.63. The number of anilines is 2. The van der Waals surface area contributed by atoms with Gasteiger partial charge in [-0.05, 0) is 26.4 Å². The van der Waals surface area contributed by atoms with Gasteiger partial charge >= 0.3 is 6.61 Å². The molecule has 21 heavy (non-hydrogen) atoms. The van der Waals surface area contributed by atoms with Crippen molar-refractivity contribution in [3.05, 3.63) is 17.9 Å². The van der Waals surface area contributed by atoms with E-state index in [9.17, 15) is 13.2 Å². The Morgan fingerprint density at radius 1 is 1.43 bits per heavy atom. The molecule has 1 atom stereocenters. The summed E-state index contributed by atoms with van der Waals surface area (Å²) in [7, 11) is 3.86. The van der Waals surface area contributed by atoms with Crippen molar-refractivity contribution in [3.8, 4) is 5.75 Å². The van der Waals surface area contributed by atoms with Crippen LogP contribution in [0.25, 0.3) is 0 Å². The Morgan fingerprint density at radius 3 is 2.76 bits per heavy atom. The van der Waals surface area contributed by atoms with Crippen LogP contribution in [0.3, 0.4) is 0 Å². The fourth-order valence-corrected chi connectivity index (χ4v) is 2.70. The molecule has 7 heteroatoms. The van der Waals surface area contributed by atoms with Crippen LogP contribution in [0.5, 0.6) is 5.75 Å². The third kappa shape index (κ3) is 3.72. The Bertz CT molecular complexity index is 499. The minimum atomic E-state index is -3.07. The van der Waals surface area contributed by atoms with Crippen molar-refractivity contribution in [1.29, 1.82) is 0 Å². The van der Waals surface area contributed by atoms with E-state index in [0.717, 1.165) is 32.0 Å². The van der Waals surface area contributed by atoms with Crippen LogP contribution in [0.4, 0.5) is 24.5 Å². The first-order valence-corrected chi connectivity index (χ1v) is 6.83. The predicted octanol–water partition coefficient (Wildman–Crippen LogP) is 2.54. The number of hydrogen-bond donors (Lipinski definition) is 1. The molecule has 1 aromatic carbocycles. The van der Waals surface area contributed by atoms with Crippen LogP contribution in [-0.2, 0) is 0 Å². The molecule has 0 amide bonds. The van der Waals surface area contributed by atoms with Gasteiger partial charge in [0.15, 0.2) is 11.6 Å². The lowest BCUT2D eigenvalue weighted by atomic mass is 10.0. The minimum absolute atomic E-state index is 0.205. The summed E-state index contributed by atoms with van der Waals surface area (Å²) >= 11 is 0. The van der Waals surface area contributed by atoms with Gasteiger partial charge in [0, 0.05) is 31.8 Å². The molecule has 4 nitrogen and oxygen atoms in total. The average molecular weight is 303 g/mol. The number of rotatable bonds is 4. The number of hydrogen-bond acceptors (Lipinski definition) is 4. The van der Waals surface area contributed by atoms with Crippen molar-refractivity contribution >= 4 is 11.4 Å². The van der Waals surface area contributed by atoms with E-state index in [1.807, 2.05) is 19.0 Å². The fraction of sp³-hybridized carbons (Fsp3) is 0.571. The number of likely N-dealkylation sites (N-methyl/N-ethyl adjacent to an activating group) is 2. The van der Waals surface area contributed by atoms with Gasteiger partial charge in [0.2, 0.25) is 0 Å². The quantitative estimate of drug-likeness (QED) is 0.868. The molecule has 0 bridgehead atoms. The second-order valence-corrected chi connectivity index (χ2v) is 5.39. The van der Waals surface area contributed by atoms with Gasteiger partial charge in [0.25, 0.3) is 0 Å². The monoisotopic (exact) mass is 303 g/mol. The summed E-state index contributed by atoms with van der Waals surface area (Å²) in [6, 6.07) is 2.47. The third-order valence-corrected chi connectivity index (χ3v) is 3.82. The average Bonchev–Trinajstić information content (AvgIpc) is 2.40. The summed E-state index contributed by atoms with van der Waals surface area (Å²) in [5, 5.41) is 0. The van der Waals surface area contributed by atoms with Crippen molar-refractivity contribution in [2.75, 3.05) is 37.8 Å². The highest BCUT2D eigenvalue weighted by atomic mass is 19.3. The van der Waals surface area contributed by atoms with Gasteiger partial charge in [-0.1, -0.05) is 0 Å². The molecule has 1 aliphatic rings. The molecule has 1 aromatic rings. The lowest BCUT2D eigenvalue weighted by Crippen LogP contribution is -2.45. The second-order valence-electron chi connectivity index (χ2n) is 5.39. The number of ether oxygens (including phenoxy) is 1. The van der Waals surface area contributed by atoms with E-state index in [-0.39, 0.29) is 11.7 Å². The molecule has 1 aliphatic heterocycles. The van der Waals surface area contributed by atoms with Crippen LogP contribution in [0.1, 0.15) is 12.8 Å². The van der Waals surface area contributed by atoms with Crippen LogP contribution in [0.2, 0.25) is 0 Å². The molecule has 2 N–H and O–H groups in total.